The number of ether oxygens (including phenoxy) is 3. The van der Waals surface area contributed by atoms with Crippen LogP contribution in [0.2, 0.25) is 10.0 Å². The Kier molecular flexibility index (Phi) is 7.64. The number of aliphatic hydroxyl groups excluding tert-OH is 1. The van der Waals surface area contributed by atoms with Gasteiger partial charge in [-0.2, -0.15) is 0 Å². The number of aliphatic hydroxyl groups is 1. The molecular formula is C22H26Cl2N2O5. The monoisotopic (exact) mass is 468 g/mol. The summed E-state index contributed by atoms with van der Waals surface area (Å²) in [7, 11) is 0. The van der Waals surface area contributed by atoms with E-state index in [0.717, 1.165) is 6.42 Å². The minimum absolute atomic E-state index is 0.00429. The van der Waals surface area contributed by atoms with Crippen molar-refractivity contribution in [2.24, 2.45) is 0 Å². The molecule has 9 heteroatoms. The van der Waals surface area contributed by atoms with Crippen LogP contribution in [0, 0.1) is 0 Å². The summed E-state index contributed by atoms with van der Waals surface area (Å²) in [6.07, 6.45) is 0.507. The quantitative estimate of drug-likeness (QED) is 0.629. The molecule has 168 valence electrons. The first-order valence-electron chi connectivity index (χ1n) is 9.95. The number of benzene rings is 1. The van der Waals surface area contributed by atoms with Crippen LogP contribution in [0.15, 0.2) is 36.5 Å². The molecule has 0 spiro atoms. The lowest BCUT2D eigenvalue weighted by Gasteiger charge is -2.27. The van der Waals surface area contributed by atoms with E-state index in [1.54, 1.807) is 51.1 Å². The summed E-state index contributed by atoms with van der Waals surface area (Å²) in [4.78, 5) is 16.7. The molecule has 1 amide bonds. The zero-order chi connectivity index (χ0) is 22.6. The van der Waals surface area contributed by atoms with Crippen LogP contribution in [0.5, 0.6) is 5.75 Å². The summed E-state index contributed by atoms with van der Waals surface area (Å²) in [6.45, 7) is 6.49. The number of amides is 1. The normalized spacial score (nSPS) is 18.3. The maximum absolute atomic E-state index is 12.4. The van der Waals surface area contributed by atoms with Gasteiger partial charge in [-0.05, 0) is 50.6 Å². The largest absolute Gasteiger partial charge is 0.486 e. The fourth-order valence-corrected chi connectivity index (χ4v) is 3.40. The van der Waals surface area contributed by atoms with Crippen LogP contribution in [0.1, 0.15) is 50.6 Å². The van der Waals surface area contributed by atoms with Gasteiger partial charge >= 0.3 is 6.09 Å². The van der Waals surface area contributed by atoms with Crippen LogP contribution in [0.25, 0.3) is 0 Å². The third kappa shape index (κ3) is 6.71. The molecule has 1 aliphatic rings. The van der Waals surface area contributed by atoms with Crippen molar-refractivity contribution >= 4 is 29.3 Å². The second-order valence-electron chi connectivity index (χ2n) is 8.26. The van der Waals surface area contributed by atoms with Crippen molar-refractivity contribution in [3.05, 3.63) is 57.8 Å². The van der Waals surface area contributed by atoms with Crippen molar-refractivity contribution in [2.45, 2.75) is 51.0 Å². The minimum atomic E-state index is -1.17. The number of hydrogen-bond acceptors (Lipinski definition) is 6. The first kappa shape index (κ1) is 23.6. The maximum atomic E-state index is 12.4. The Bertz CT molecular complexity index is 896. The molecule has 0 aliphatic carbocycles. The summed E-state index contributed by atoms with van der Waals surface area (Å²) in [5, 5.41) is 14.4. The van der Waals surface area contributed by atoms with Gasteiger partial charge in [-0.3, -0.25) is 4.98 Å². The molecule has 31 heavy (non-hydrogen) atoms. The molecule has 1 aromatic carbocycles. The number of halogens is 2. The van der Waals surface area contributed by atoms with Gasteiger partial charge in [-0.15, -0.1) is 0 Å². The standard InChI is InChI=1S/C22H26Cl2N2O5/c1-22(2,3)31-21(28)26-19(13-4-6-16(23)17(24)10-13)20(27)18-7-5-14(11-25-18)30-15-8-9-29-12-15/h4-7,10-11,15,19-20,27H,8-9,12H2,1-3H3,(H,26,28). The molecular weight excluding hydrogens is 443 g/mol. The Morgan fingerprint density at radius 1 is 1.26 bits per heavy atom. The summed E-state index contributed by atoms with van der Waals surface area (Å²) in [5.41, 5.74) is 0.207. The molecule has 7 nitrogen and oxygen atoms in total. The first-order valence-corrected chi connectivity index (χ1v) is 10.7. The molecule has 3 atom stereocenters. The maximum Gasteiger partial charge on any atom is 0.408 e. The zero-order valence-electron chi connectivity index (χ0n) is 17.6. The van der Waals surface area contributed by atoms with Crippen molar-refractivity contribution < 1.29 is 24.1 Å². The number of nitrogens with one attached hydrogen (secondary N) is 1. The molecule has 1 aromatic heterocycles. The summed E-state index contributed by atoms with van der Waals surface area (Å²) in [5.74, 6) is 0.581. The predicted molar refractivity (Wildman–Crippen MR) is 118 cm³/mol. The summed E-state index contributed by atoms with van der Waals surface area (Å²) >= 11 is 12.2. The smallest absolute Gasteiger partial charge is 0.408 e. The fraction of sp³-hybridized carbons (Fsp3) is 0.455. The van der Waals surface area contributed by atoms with Gasteiger partial charge < -0.3 is 24.6 Å². The van der Waals surface area contributed by atoms with E-state index in [-0.39, 0.29) is 6.10 Å². The van der Waals surface area contributed by atoms with Crippen molar-refractivity contribution in [3.63, 3.8) is 0 Å². The number of alkyl carbamates (subject to hydrolysis) is 1. The average Bonchev–Trinajstić information content (AvgIpc) is 3.20. The summed E-state index contributed by atoms with van der Waals surface area (Å²) in [6, 6.07) is 7.38. The topological polar surface area (TPSA) is 89.9 Å². The van der Waals surface area contributed by atoms with Gasteiger partial charge in [0.1, 0.15) is 23.6 Å². The van der Waals surface area contributed by atoms with Crippen molar-refractivity contribution in [1.82, 2.24) is 10.3 Å². The predicted octanol–water partition coefficient (Wildman–Crippen LogP) is 4.86. The Labute approximate surface area is 191 Å². The minimum Gasteiger partial charge on any atom is -0.486 e. The van der Waals surface area contributed by atoms with Crippen LogP contribution in [-0.4, -0.2) is 41.1 Å². The van der Waals surface area contributed by atoms with Crippen LogP contribution in [-0.2, 0) is 9.47 Å². The van der Waals surface area contributed by atoms with E-state index < -0.39 is 23.8 Å². The molecule has 3 rings (SSSR count). The second kappa shape index (κ2) is 10.0. The van der Waals surface area contributed by atoms with E-state index in [2.05, 4.69) is 10.3 Å². The van der Waals surface area contributed by atoms with E-state index in [0.29, 0.717) is 40.3 Å². The Balaban J connectivity index is 1.81. The Morgan fingerprint density at radius 3 is 2.61 bits per heavy atom. The molecule has 1 saturated heterocycles. The number of carbonyl (C=O) groups excluding carboxylic acids is 1. The molecule has 0 radical (unpaired) electrons. The average molecular weight is 469 g/mol. The first-order chi connectivity index (χ1) is 14.6. The molecule has 0 bridgehead atoms. The van der Waals surface area contributed by atoms with Crippen LogP contribution in [0.3, 0.4) is 0 Å². The van der Waals surface area contributed by atoms with Gasteiger partial charge in [-0.1, -0.05) is 29.3 Å². The van der Waals surface area contributed by atoms with E-state index in [1.165, 1.54) is 6.20 Å². The third-order valence-electron chi connectivity index (χ3n) is 4.54. The molecule has 1 fully saturated rings. The number of aromatic nitrogens is 1. The van der Waals surface area contributed by atoms with Crippen molar-refractivity contribution in [2.75, 3.05) is 13.2 Å². The van der Waals surface area contributed by atoms with Crippen molar-refractivity contribution in [1.29, 1.82) is 0 Å². The Morgan fingerprint density at radius 2 is 2.03 bits per heavy atom. The van der Waals surface area contributed by atoms with Gasteiger partial charge in [-0.25, -0.2) is 4.79 Å². The fourth-order valence-electron chi connectivity index (χ4n) is 3.09. The van der Waals surface area contributed by atoms with E-state index >= 15 is 0 Å². The highest BCUT2D eigenvalue weighted by molar-refractivity contribution is 6.42. The van der Waals surface area contributed by atoms with E-state index in [1.807, 2.05) is 0 Å². The highest BCUT2D eigenvalue weighted by Crippen LogP contribution is 2.33. The molecule has 0 saturated carbocycles. The van der Waals surface area contributed by atoms with E-state index in [4.69, 9.17) is 37.4 Å². The van der Waals surface area contributed by atoms with Gasteiger partial charge in [0, 0.05) is 6.42 Å². The van der Waals surface area contributed by atoms with Crippen LogP contribution in [0.4, 0.5) is 4.79 Å². The molecule has 3 unspecified atom stereocenters. The van der Waals surface area contributed by atoms with Gasteiger partial charge in [0.2, 0.25) is 0 Å². The second-order valence-corrected chi connectivity index (χ2v) is 9.08. The van der Waals surface area contributed by atoms with Gasteiger partial charge in [0.15, 0.2) is 0 Å². The number of hydrogen-bond donors (Lipinski definition) is 2. The highest BCUT2D eigenvalue weighted by Gasteiger charge is 2.29. The number of nitrogens with zero attached hydrogens (tertiary/aromatic N) is 1. The Hall–Kier alpha value is -2.06. The summed E-state index contributed by atoms with van der Waals surface area (Å²) < 4.78 is 16.5. The number of rotatable bonds is 6. The molecule has 2 aromatic rings. The van der Waals surface area contributed by atoms with Gasteiger partial charge in [0.25, 0.3) is 0 Å². The molecule has 2 N–H and O–H groups in total. The van der Waals surface area contributed by atoms with E-state index in [9.17, 15) is 9.90 Å². The van der Waals surface area contributed by atoms with Crippen LogP contribution < -0.4 is 10.1 Å². The molecule has 1 aliphatic heterocycles. The van der Waals surface area contributed by atoms with Crippen molar-refractivity contribution in [3.8, 4) is 5.75 Å². The lowest BCUT2D eigenvalue weighted by molar-refractivity contribution is 0.0415. The number of pyridine rings is 1. The lowest BCUT2D eigenvalue weighted by Crippen LogP contribution is -2.37. The SMILES string of the molecule is CC(C)(C)OC(=O)NC(c1ccc(Cl)c(Cl)c1)C(O)c1ccc(OC2CCOC2)cn1. The molecule has 2 heterocycles. The third-order valence-corrected chi connectivity index (χ3v) is 5.28. The zero-order valence-corrected chi connectivity index (χ0v) is 19.1. The highest BCUT2D eigenvalue weighted by atomic mass is 35.5. The van der Waals surface area contributed by atoms with Gasteiger partial charge in [0.05, 0.1) is 41.2 Å². The lowest BCUT2D eigenvalue weighted by atomic mass is 9.99. The van der Waals surface area contributed by atoms with Crippen LogP contribution >= 0.6 is 23.2 Å². The number of carbonyl (C=O) groups is 1.